The molecule has 0 bridgehead atoms. The van der Waals surface area contributed by atoms with Gasteiger partial charge in [-0.15, -0.1) is 0 Å². The minimum absolute atomic E-state index is 0.138. The van der Waals surface area contributed by atoms with Crippen molar-refractivity contribution in [1.82, 2.24) is 5.32 Å². The van der Waals surface area contributed by atoms with E-state index in [1.807, 2.05) is 18.2 Å². The van der Waals surface area contributed by atoms with Gasteiger partial charge in [0.05, 0.1) is 32.0 Å². The number of rotatable bonds is 39. The molecule has 0 radical (unpaired) electrons. The Hall–Kier alpha value is -3.35. The fourth-order valence-electron chi connectivity index (χ4n) is 7.87. The van der Waals surface area contributed by atoms with Gasteiger partial charge in [0.25, 0.3) is 0 Å². The van der Waals surface area contributed by atoms with Crippen LogP contribution in [-0.2, 0) is 23.7 Å². The molecular weight excluding hydrogens is 907 g/mol. The largest absolute Gasteiger partial charge is 0.394 e. The molecular formula is C57H93NO13. The van der Waals surface area contributed by atoms with Crippen LogP contribution in [0, 0.1) is 0 Å². The molecule has 12 unspecified atom stereocenters. The zero-order valence-corrected chi connectivity index (χ0v) is 42.9. The van der Waals surface area contributed by atoms with Crippen LogP contribution in [0.25, 0.3) is 0 Å². The number of carbonyl (C=O) groups is 1. The van der Waals surface area contributed by atoms with E-state index in [0.717, 1.165) is 64.2 Å². The molecule has 9 N–H and O–H groups in total. The fourth-order valence-corrected chi connectivity index (χ4v) is 7.87. The van der Waals surface area contributed by atoms with Crippen molar-refractivity contribution in [1.29, 1.82) is 0 Å². The van der Waals surface area contributed by atoms with Crippen LogP contribution in [0.2, 0.25) is 0 Å². The van der Waals surface area contributed by atoms with Crippen LogP contribution >= 0.6 is 0 Å². The predicted molar refractivity (Wildman–Crippen MR) is 281 cm³/mol. The third kappa shape index (κ3) is 28.6. The molecule has 2 heterocycles. The Morgan fingerprint density at radius 2 is 0.986 bits per heavy atom. The minimum atomic E-state index is -1.80. The third-order valence-corrected chi connectivity index (χ3v) is 12.2. The lowest BCUT2D eigenvalue weighted by Crippen LogP contribution is -2.65. The highest BCUT2D eigenvalue weighted by atomic mass is 16.7. The molecule has 0 aromatic rings. The number of hydrogen-bond acceptors (Lipinski definition) is 13. The van der Waals surface area contributed by atoms with Gasteiger partial charge in [-0.3, -0.25) is 4.79 Å². The first-order chi connectivity index (χ1) is 34.6. The maximum absolute atomic E-state index is 13.2. The van der Waals surface area contributed by atoms with Crippen molar-refractivity contribution < 1.29 is 64.6 Å². The zero-order valence-electron chi connectivity index (χ0n) is 42.9. The molecule has 404 valence electrons. The second-order valence-electron chi connectivity index (χ2n) is 18.2. The summed E-state index contributed by atoms with van der Waals surface area (Å²) >= 11 is 0. The smallest absolute Gasteiger partial charge is 0.220 e. The molecule has 2 saturated heterocycles. The maximum Gasteiger partial charge on any atom is 0.220 e. The summed E-state index contributed by atoms with van der Waals surface area (Å²) < 4.78 is 22.6. The second kappa shape index (κ2) is 42.1. The quantitative estimate of drug-likeness (QED) is 0.0213. The number of carbonyl (C=O) groups excluding carboxylic acids is 1. The van der Waals surface area contributed by atoms with Crippen molar-refractivity contribution in [2.75, 3.05) is 19.8 Å². The summed E-state index contributed by atoms with van der Waals surface area (Å²) in [6.45, 7) is 2.57. The maximum atomic E-state index is 13.2. The summed E-state index contributed by atoms with van der Waals surface area (Å²) in [5.41, 5.74) is 0. The van der Waals surface area contributed by atoms with Gasteiger partial charge in [-0.05, 0) is 83.5 Å². The summed E-state index contributed by atoms with van der Waals surface area (Å²) in [5.74, 6) is -0.341. The number of aliphatic hydroxyl groups is 8. The Morgan fingerprint density at radius 3 is 1.54 bits per heavy atom. The lowest BCUT2D eigenvalue weighted by molar-refractivity contribution is -0.359. The van der Waals surface area contributed by atoms with E-state index in [1.54, 1.807) is 6.08 Å². The molecule has 14 nitrogen and oxygen atoms in total. The summed E-state index contributed by atoms with van der Waals surface area (Å²) in [6, 6.07) is -0.985. The molecule has 2 aliphatic rings. The standard InChI is InChI=1S/C57H93NO13/c1-3-5-7-9-11-13-15-17-19-21-23-25-27-29-31-33-35-37-39-41-49(62)58-45(46(61)40-38-36-34-32-30-28-26-24-22-20-18-16-14-12-10-8-6-4-2)44-68-56-54(67)52(65)55(48(43-60)70-56)71-57-53(66)51(64)50(63)47(42-59)69-57/h5,7,11,13,17,19,22-25,29-32,35,37-38,40,45-48,50-57,59-61,63-67H,3-4,6,8-10,12,14-16,18,20-21,26-28,33-34,36,39,41-44H2,1-2H3,(H,58,62)/b7-5-,13-11-,19-17-,24-22+,25-23-,31-29-,32-30+,37-35-,40-38+. The van der Waals surface area contributed by atoms with Crippen LogP contribution in [0.15, 0.2) is 109 Å². The first-order valence-electron chi connectivity index (χ1n) is 26.6. The number of hydrogen-bond donors (Lipinski definition) is 9. The molecule has 12 atom stereocenters. The van der Waals surface area contributed by atoms with Gasteiger partial charge in [0.2, 0.25) is 5.91 Å². The SMILES string of the molecule is CC/C=C\C/C=C\C/C=C\C/C=C\C/C=C\C/C=C\CCC(=O)NC(COC1OC(CO)C(OC2OC(CO)C(O)C(O)C2O)C(O)C1O)C(O)/C=C/CC/C=C/CC/C=C/CCCCCCCCCC. The molecule has 2 rings (SSSR count). The van der Waals surface area contributed by atoms with E-state index >= 15 is 0 Å². The Kier molecular flexibility index (Phi) is 37.8. The summed E-state index contributed by atoms with van der Waals surface area (Å²) in [4.78, 5) is 13.2. The number of nitrogens with one attached hydrogen (secondary N) is 1. The van der Waals surface area contributed by atoms with E-state index in [2.05, 4.69) is 104 Å². The summed E-state index contributed by atoms with van der Waals surface area (Å²) in [5, 5.41) is 86.8. The van der Waals surface area contributed by atoms with Crippen molar-refractivity contribution in [2.24, 2.45) is 0 Å². The normalized spacial score (nSPS) is 26.7. The number of aliphatic hydroxyl groups excluding tert-OH is 8. The minimum Gasteiger partial charge on any atom is -0.394 e. The highest BCUT2D eigenvalue weighted by molar-refractivity contribution is 5.76. The molecule has 0 saturated carbocycles. The molecule has 0 aromatic heterocycles. The van der Waals surface area contributed by atoms with Gasteiger partial charge >= 0.3 is 0 Å². The second-order valence-corrected chi connectivity index (χ2v) is 18.2. The Balaban J connectivity index is 1.90. The molecule has 1 amide bonds. The third-order valence-electron chi connectivity index (χ3n) is 12.2. The Bertz CT molecular complexity index is 1600. The number of amides is 1. The average Bonchev–Trinajstić information content (AvgIpc) is 3.37. The molecule has 2 aliphatic heterocycles. The highest BCUT2D eigenvalue weighted by Crippen LogP contribution is 2.30. The molecule has 14 heteroatoms. The Labute approximate surface area is 425 Å². The molecule has 0 aliphatic carbocycles. The number of allylic oxidation sites excluding steroid dienone is 17. The van der Waals surface area contributed by atoms with E-state index in [1.165, 1.54) is 51.4 Å². The molecule has 2 fully saturated rings. The van der Waals surface area contributed by atoms with Gasteiger partial charge in [-0.2, -0.15) is 0 Å². The van der Waals surface area contributed by atoms with E-state index in [4.69, 9.17) is 18.9 Å². The molecule has 0 aromatic carbocycles. The zero-order chi connectivity index (χ0) is 51.7. The van der Waals surface area contributed by atoms with E-state index in [9.17, 15) is 45.6 Å². The van der Waals surface area contributed by atoms with E-state index in [0.29, 0.717) is 12.8 Å². The first-order valence-corrected chi connectivity index (χ1v) is 26.6. The van der Waals surface area contributed by atoms with Crippen molar-refractivity contribution in [3.05, 3.63) is 109 Å². The van der Waals surface area contributed by atoms with Gasteiger partial charge in [0, 0.05) is 6.42 Å². The van der Waals surface area contributed by atoms with Crippen LogP contribution in [0.1, 0.15) is 149 Å². The van der Waals surface area contributed by atoms with Gasteiger partial charge in [0.15, 0.2) is 12.6 Å². The van der Waals surface area contributed by atoms with Crippen LogP contribution in [0.5, 0.6) is 0 Å². The van der Waals surface area contributed by atoms with Crippen LogP contribution in [-0.4, -0.2) is 140 Å². The van der Waals surface area contributed by atoms with Gasteiger partial charge < -0.3 is 65.1 Å². The first kappa shape index (κ1) is 63.8. The topological polar surface area (TPSA) is 228 Å². The van der Waals surface area contributed by atoms with Crippen molar-refractivity contribution in [3.63, 3.8) is 0 Å². The number of unbranched alkanes of at least 4 members (excludes halogenated alkanes) is 10. The Morgan fingerprint density at radius 1 is 0.521 bits per heavy atom. The van der Waals surface area contributed by atoms with Crippen LogP contribution < -0.4 is 5.32 Å². The summed E-state index contributed by atoms with van der Waals surface area (Å²) in [6.07, 6.45) is 41.4. The highest BCUT2D eigenvalue weighted by Gasteiger charge is 2.51. The average molecular weight is 1000 g/mol. The molecule has 0 spiro atoms. The summed E-state index contributed by atoms with van der Waals surface area (Å²) in [7, 11) is 0. The monoisotopic (exact) mass is 1000 g/mol. The van der Waals surface area contributed by atoms with Crippen LogP contribution in [0.3, 0.4) is 0 Å². The van der Waals surface area contributed by atoms with Crippen molar-refractivity contribution in [3.8, 4) is 0 Å². The van der Waals surface area contributed by atoms with Gasteiger partial charge in [0.1, 0.15) is 48.8 Å². The molecule has 71 heavy (non-hydrogen) atoms. The van der Waals surface area contributed by atoms with E-state index < -0.39 is 86.8 Å². The van der Waals surface area contributed by atoms with Gasteiger partial charge in [-0.1, -0.05) is 168 Å². The van der Waals surface area contributed by atoms with Crippen molar-refractivity contribution in [2.45, 2.75) is 222 Å². The predicted octanol–water partition coefficient (Wildman–Crippen LogP) is 7.71. The number of ether oxygens (including phenoxy) is 4. The fraction of sp³-hybridized carbons (Fsp3) is 0.667. The van der Waals surface area contributed by atoms with Crippen molar-refractivity contribution >= 4 is 5.91 Å². The lowest BCUT2D eigenvalue weighted by Gasteiger charge is -2.46. The van der Waals surface area contributed by atoms with E-state index in [-0.39, 0.29) is 18.9 Å². The lowest BCUT2D eigenvalue weighted by atomic mass is 9.97. The van der Waals surface area contributed by atoms with Crippen LogP contribution in [0.4, 0.5) is 0 Å². The van der Waals surface area contributed by atoms with Gasteiger partial charge in [-0.25, -0.2) is 0 Å².